The van der Waals surface area contributed by atoms with Crippen molar-refractivity contribution < 1.29 is 4.74 Å². The molecule has 1 aliphatic rings. The minimum absolute atomic E-state index is 0.0106. The van der Waals surface area contributed by atoms with E-state index in [0.29, 0.717) is 6.10 Å². The number of hydrogen-bond donors (Lipinski definition) is 1. The summed E-state index contributed by atoms with van der Waals surface area (Å²) < 4.78 is 5.71. The molecule has 10 heavy (non-hydrogen) atoms. The zero-order chi connectivity index (χ0) is 7.61. The van der Waals surface area contributed by atoms with Crippen molar-refractivity contribution in [1.82, 2.24) is 5.32 Å². The molecular formula is C7H14BrNO. The molecule has 1 unspecified atom stereocenters. The van der Waals surface area contributed by atoms with Gasteiger partial charge in [0.05, 0.1) is 11.7 Å². The summed E-state index contributed by atoms with van der Waals surface area (Å²) in [5.41, 5.74) is 0.0106. The van der Waals surface area contributed by atoms with Gasteiger partial charge in [-0.25, -0.2) is 0 Å². The Labute approximate surface area is 70.5 Å². The molecule has 0 aliphatic carbocycles. The van der Waals surface area contributed by atoms with Crippen molar-refractivity contribution in [3.05, 3.63) is 0 Å². The molecule has 1 aliphatic heterocycles. The third kappa shape index (κ3) is 2.22. The van der Waals surface area contributed by atoms with E-state index in [9.17, 15) is 0 Å². The predicted molar refractivity (Wildman–Crippen MR) is 45.6 cm³/mol. The molecule has 1 atom stereocenters. The molecule has 3 heteroatoms. The van der Waals surface area contributed by atoms with E-state index < -0.39 is 0 Å². The van der Waals surface area contributed by atoms with Gasteiger partial charge in [-0.15, -0.1) is 0 Å². The van der Waals surface area contributed by atoms with Crippen molar-refractivity contribution in [1.29, 1.82) is 0 Å². The quantitative estimate of drug-likeness (QED) is 0.652. The highest BCUT2D eigenvalue weighted by atomic mass is 79.9. The van der Waals surface area contributed by atoms with E-state index in [2.05, 4.69) is 35.1 Å². The molecular weight excluding hydrogens is 194 g/mol. The second-order valence-corrected chi connectivity index (χ2v) is 3.93. The van der Waals surface area contributed by atoms with Gasteiger partial charge in [-0.2, -0.15) is 0 Å². The highest BCUT2D eigenvalue weighted by Crippen LogP contribution is 2.15. The van der Waals surface area contributed by atoms with Crippen LogP contribution in [0.15, 0.2) is 0 Å². The molecule has 1 rings (SSSR count). The van der Waals surface area contributed by atoms with E-state index in [1.165, 1.54) is 0 Å². The molecule has 0 aromatic heterocycles. The first-order valence-corrected chi connectivity index (χ1v) is 4.71. The van der Waals surface area contributed by atoms with Crippen LogP contribution >= 0.6 is 15.9 Å². The molecule has 0 saturated carbocycles. The van der Waals surface area contributed by atoms with Crippen LogP contribution in [-0.4, -0.2) is 30.1 Å². The summed E-state index contributed by atoms with van der Waals surface area (Å²) >= 11 is 3.40. The van der Waals surface area contributed by atoms with Gasteiger partial charge in [0.1, 0.15) is 0 Å². The Bertz CT molecular complexity index is 116. The number of halogens is 1. The minimum Gasteiger partial charge on any atom is -0.369 e. The summed E-state index contributed by atoms with van der Waals surface area (Å²) in [7, 11) is 0. The van der Waals surface area contributed by atoms with Crippen LogP contribution in [0, 0.1) is 0 Å². The lowest BCUT2D eigenvalue weighted by Crippen LogP contribution is -2.50. The zero-order valence-electron chi connectivity index (χ0n) is 6.48. The molecule has 1 N–H and O–H groups in total. The Hall–Kier alpha value is 0.400. The number of hydrogen-bond acceptors (Lipinski definition) is 2. The number of nitrogens with one attached hydrogen (secondary N) is 1. The van der Waals surface area contributed by atoms with Gasteiger partial charge in [-0.1, -0.05) is 15.9 Å². The molecule has 0 radical (unpaired) electrons. The number of ether oxygens (including phenoxy) is 1. The predicted octanol–water partition coefficient (Wildman–Crippen LogP) is 1.15. The third-order valence-corrected chi connectivity index (χ3v) is 2.30. The summed E-state index contributed by atoms with van der Waals surface area (Å²) in [6, 6.07) is 0. The summed E-state index contributed by atoms with van der Waals surface area (Å²) in [6.07, 6.45) is 0.337. The van der Waals surface area contributed by atoms with Crippen LogP contribution in [-0.2, 0) is 4.74 Å². The first-order valence-electron chi connectivity index (χ1n) is 3.58. The van der Waals surface area contributed by atoms with Gasteiger partial charge in [0, 0.05) is 18.4 Å². The standard InChI is InChI=1S/C7H14BrNO/c1-7(2)5-9-4-6(3-8)10-7/h6,9H,3-5H2,1-2H3. The maximum absolute atomic E-state index is 5.71. The molecule has 0 aromatic carbocycles. The lowest BCUT2D eigenvalue weighted by molar-refractivity contribution is -0.0827. The highest BCUT2D eigenvalue weighted by Gasteiger charge is 2.27. The maximum Gasteiger partial charge on any atom is 0.0803 e. The van der Waals surface area contributed by atoms with Gasteiger partial charge in [0.15, 0.2) is 0 Å². The van der Waals surface area contributed by atoms with E-state index >= 15 is 0 Å². The lowest BCUT2D eigenvalue weighted by atomic mass is 10.1. The molecule has 1 heterocycles. The Balaban J connectivity index is 2.40. The SMILES string of the molecule is CC1(C)CNCC(CBr)O1. The molecule has 1 saturated heterocycles. The maximum atomic E-state index is 5.71. The van der Waals surface area contributed by atoms with Crippen molar-refractivity contribution in [3.63, 3.8) is 0 Å². The van der Waals surface area contributed by atoms with Crippen molar-refractivity contribution in [2.45, 2.75) is 25.6 Å². The molecule has 2 nitrogen and oxygen atoms in total. The average molecular weight is 208 g/mol. The molecule has 0 spiro atoms. The molecule has 1 fully saturated rings. The third-order valence-electron chi connectivity index (χ3n) is 1.58. The van der Waals surface area contributed by atoms with Crippen LogP contribution in [0.25, 0.3) is 0 Å². The monoisotopic (exact) mass is 207 g/mol. The normalized spacial score (nSPS) is 32.1. The van der Waals surface area contributed by atoms with E-state index in [1.54, 1.807) is 0 Å². The highest BCUT2D eigenvalue weighted by molar-refractivity contribution is 9.09. The fraction of sp³-hybridized carbons (Fsp3) is 1.00. The van der Waals surface area contributed by atoms with Crippen molar-refractivity contribution >= 4 is 15.9 Å². The minimum atomic E-state index is 0.0106. The van der Waals surface area contributed by atoms with Gasteiger partial charge < -0.3 is 10.1 Å². The largest absolute Gasteiger partial charge is 0.369 e. The lowest BCUT2D eigenvalue weighted by Gasteiger charge is -2.35. The number of alkyl halides is 1. The van der Waals surface area contributed by atoms with Gasteiger partial charge in [-0.05, 0) is 13.8 Å². The Kier molecular flexibility index (Phi) is 2.72. The molecule has 0 amide bonds. The zero-order valence-corrected chi connectivity index (χ0v) is 8.07. The van der Waals surface area contributed by atoms with Crippen LogP contribution < -0.4 is 5.32 Å². The van der Waals surface area contributed by atoms with Gasteiger partial charge in [0.25, 0.3) is 0 Å². The van der Waals surface area contributed by atoms with Crippen molar-refractivity contribution in [2.24, 2.45) is 0 Å². The van der Waals surface area contributed by atoms with E-state index in [4.69, 9.17) is 4.74 Å². The first kappa shape index (κ1) is 8.50. The summed E-state index contributed by atoms with van der Waals surface area (Å²) in [6.45, 7) is 6.13. The van der Waals surface area contributed by atoms with Crippen molar-refractivity contribution in [2.75, 3.05) is 18.4 Å². The number of rotatable bonds is 1. The average Bonchev–Trinajstić information content (AvgIpc) is 1.86. The first-order chi connectivity index (χ1) is 4.64. The number of morpholine rings is 1. The van der Waals surface area contributed by atoms with Crippen LogP contribution in [0.4, 0.5) is 0 Å². The molecule has 60 valence electrons. The summed E-state index contributed by atoms with van der Waals surface area (Å²) in [5, 5.41) is 4.24. The smallest absolute Gasteiger partial charge is 0.0803 e. The second-order valence-electron chi connectivity index (χ2n) is 3.28. The van der Waals surface area contributed by atoms with Crippen LogP contribution in [0.1, 0.15) is 13.8 Å². The Morgan fingerprint density at radius 1 is 1.70 bits per heavy atom. The summed E-state index contributed by atoms with van der Waals surface area (Å²) in [4.78, 5) is 0. The Morgan fingerprint density at radius 3 is 2.80 bits per heavy atom. The van der Waals surface area contributed by atoms with Crippen LogP contribution in [0.2, 0.25) is 0 Å². The topological polar surface area (TPSA) is 21.3 Å². The van der Waals surface area contributed by atoms with E-state index in [-0.39, 0.29) is 5.60 Å². The summed E-state index contributed by atoms with van der Waals surface area (Å²) in [5.74, 6) is 0. The van der Waals surface area contributed by atoms with Gasteiger partial charge in [0.2, 0.25) is 0 Å². The fourth-order valence-corrected chi connectivity index (χ4v) is 1.52. The molecule has 0 bridgehead atoms. The van der Waals surface area contributed by atoms with Gasteiger partial charge in [-0.3, -0.25) is 0 Å². The van der Waals surface area contributed by atoms with Crippen molar-refractivity contribution in [3.8, 4) is 0 Å². The van der Waals surface area contributed by atoms with Crippen LogP contribution in [0.3, 0.4) is 0 Å². The molecule has 0 aromatic rings. The van der Waals surface area contributed by atoms with Gasteiger partial charge >= 0.3 is 0 Å². The van der Waals surface area contributed by atoms with E-state index in [0.717, 1.165) is 18.4 Å². The fourth-order valence-electron chi connectivity index (χ4n) is 1.15. The Morgan fingerprint density at radius 2 is 2.40 bits per heavy atom. The van der Waals surface area contributed by atoms with Crippen LogP contribution in [0.5, 0.6) is 0 Å². The second kappa shape index (κ2) is 3.20. The van der Waals surface area contributed by atoms with E-state index in [1.807, 2.05) is 0 Å².